The Morgan fingerprint density at radius 1 is 0.857 bits per heavy atom. The van der Waals surface area contributed by atoms with Crippen LogP contribution in [-0.4, -0.2) is 44.6 Å². The predicted molar refractivity (Wildman–Crippen MR) is 106 cm³/mol. The van der Waals surface area contributed by atoms with E-state index in [1.54, 1.807) is 48.5 Å². The van der Waals surface area contributed by atoms with Crippen molar-refractivity contribution >= 4 is 29.1 Å². The van der Waals surface area contributed by atoms with Crippen LogP contribution in [0.25, 0.3) is 0 Å². The van der Waals surface area contributed by atoms with E-state index in [1.165, 1.54) is 7.11 Å². The van der Waals surface area contributed by atoms with Crippen molar-refractivity contribution in [3.05, 3.63) is 54.1 Å². The molecule has 28 heavy (non-hydrogen) atoms. The maximum absolute atomic E-state index is 12.1. The van der Waals surface area contributed by atoms with E-state index in [0.29, 0.717) is 29.3 Å². The van der Waals surface area contributed by atoms with Crippen LogP contribution in [0.5, 0.6) is 5.75 Å². The second kappa shape index (κ2) is 10.7. The SMILES string of the molecule is CCOc1ccc(C(=O)NCC(=O)Nc2ccc(NC(=O)COC)cc2)cc1. The van der Waals surface area contributed by atoms with Crippen LogP contribution in [0, 0.1) is 0 Å². The molecule has 3 amide bonds. The number of rotatable bonds is 9. The molecule has 0 radical (unpaired) electrons. The fraction of sp³-hybridized carbons (Fsp3) is 0.250. The van der Waals surface area contributed by atoms with Gasteiger partial charge in [0.05, 0.1) is 13.2 Å². The standard InChI is InChI=1S/C20H23N3O5/c1-3-28-17-10-4-14(5-11-17)20(26)21-12-18(24)22-15-6-8-16(9-7-15)23-19(25)13-27-2/h4-11H,3,12-13H2,1-2H3,(H,21,26)(H,22,24)(H,23,25). The lowest BCUT2D eigenvalue weighted by molar-refractivity contribution is -0.119. The number of benzene rings is 2. The van der Waals surface area contributed by atoms with Crippen molar-refractivity contribution in [1.29, 1.82) is 0 Å². The Balaban J connectivity index is 1.80. The van der Waals surface area contributed by atoms with Gasteiger partial charge in [-0.3, -0.25) is 14.4 Å². The molecule has 8 nitrogen and oxygen atoms in total. The summed E-state index contributed by atoms with van der Waals surface area (Å²) in [7, 11) is 1.44. The molecule has 8 heteroatoms. The van der Waals surface area contributed by atoms with Gasteiger partial charge in [-0.25, -0.2) is 0 Å². The lowest BCUT2D eigenvalue weighted by Gasteiger charge is -2.09. The van der Waals surface area contributed by atoms with Crippen molar-refractivity contribution in [3.63, 3.8) is 0 Å². The number of carbonyl (C=O) groups is 3. The van der Waals surface area contributed by atoms with Crippen molar-refractivity contribution < 1.29 is 23.9 Å². The number of nitrogens with one attached hydrogen (secondary N) is 3. The van der Waals surface area contributed by atoms with Crippen LogP contribution in [0.4, 0.5) is 11.4 Å². The molecule has 0 aliphatic carbocycles. The summed E-state index contributed by atoms with van der Waals surface area (Å²) in [5.41, 5.74) is 1.57. The predicted octanol–water partition coefficient (Wildman–Crippen LogP) is 2.04. The van der Waals surface area contributed by atoms with Gasteiger partial charge in [-0.05, 0) is 55.5 Å². The largest absolute Gasteiger partial charge is 0.494 e. The van der Waals surface area contributed by atoms with Gasteiger partial charge in [-0.1, -0.05) is 0 Å². The second-order valence-corrected chi connectivity index (χ2v) is 5.75. The molecule has 0 aliphatic heterocycles. The maximum atomic E-state index is 12.1. The Hall–Kier alpha value is -3.39. The molecule has 0 saturated heterocycles. The summed E-state index contributed by atoms with van der Waals surface area (Å²) in [6, 6.07) is 13.3. The average molecular weight is 385 g/mol. The summed E-state index contributed by atoms with van der Waals surface area (Å²) in [6.45, 7) is 2.22. The van der Waals surface area contributed by atoms with Crippen molar-refractivity contribution in [2.75, 3.05) is 37.5 Å². The minimum atomic E-state index is -0.365. The molecule has 148 valence electrons. The Morgan fingerprint density at radius 2 is 1.43 bits per heavy atom. The first-order chi connectivity index (χ1) is 13.5. The molecule has 0 fully saturated rings. The molecule has 0 atom stereocenters. The molecule has 2 aromatic carbocycles. The van der Waals surface area contributed by atoms with E-state index < -0.39 is 0 Å². The van der Waals surface area contributed by atoms with Gasteiger partial charge in [0, 0.05) is 24.0 Å². The number of anilines is 2. The van der Waals surface area contributed by atoms with Crippen molar-refractivity contribution in [2.24, 2.45) is 0 Å². The zero-order valence-corrected chi connectivity index (χ0v) is 15.8. The van der Waals surface area contributed by atoms with Crippen LogP contribution in [0.15, 0.2) is 48.5 Å². The minimum absolute atomic E-state index is 0.0352. The highest BCUT2D eigenvalue weighted by atomic mass is 16.5. The average Bonchev–Trinajstić information content (AvgIpc) is 2.69. The number of hydrogen-bond acceptors (Lipinski definition) is 5. The fourth-order valence-electron chi connectivity index (χ4n) is 2.30. The zero-order chi connectivity index (χ0) is 20.4. The molecule has 3 N–H and O–H groups in total. The molecule has 0 saturated carbocycles. The second-order valence-electron chi connectivity index (χ2n) is 5.75. The summed E-state index contributed by atoms with van der Waals surface area (Å²) >= 11 is 0. The van der Waals surface area contributed by atoms with E-state index in [2.05, 4.69) is 16.0 Å². The summed E-state index contributed by atoms with van der Waals surface area (Å²) in [4.78, 5) is 35.5. The van der Waals surface area contributed by atoms with E-state index in [0.717, 1.165) is 0 Å². The molecule has 0 aliphatic rings. The summed E-state index contributed by atoms with van der Waals surface area (Å²) in [5, 5.41) is 7.88. The van der Waals surface area contributed by atoms with Gasteiger partial charge < -0.3 is 25.4 Å². The van der Waals surface area contributed by atoms with Crippen LogP contribution >= 0.6 is 0 Å². The van der Waals surface area contributed by atoms with Gasteiger partial charge in [0.1, 0.15) is 12.4 Å². The van der Waals surface area contributed by atoms with E-state index in [4.69, 9.17) is 9.47 Å². The topological polar surface area (TPSA) is 106 Å². The van der Waals surface area contributed by atoms with E-state index >= 15 is 0 Å². The quantitative estimate of drug-likeness (QED) is 0.613. The highest BCUT2D eigenvalue weighted by Crippen LogP contribution is 2.14. The first kappa shape index (κ1) is 20.9. The molecule has 0 aromatic heterocycles. The smallest absolute Gasteiger partial charge is 0.251 e. The lowest BCUT2D eigenvalue weighted by atomic mass is 10.2. The number of carbonyl (C=O) groups excluding carboxylic acids is 3. The molecule has 0 spiro atoms. The first-order valence-electron chi connectivity index (χ1n) is 8.71. The van der Waals surface area contributed by atoms with Crippen molar-refractivity contribution in [3.8, 4) is 5.75 Å². The van der Waals surface area contributed by atoms with Gasteiger partial charge in [0.15, 0.2) is 0 Å². The van der Waals surface area contributed by atoms with E-state index in [1.807, 2.05) is 6.92 Å². The number of ether oxygens (including phenoxy) is 2. The van der Waals surface area contributed by atoms with E-state index in [-0.39, 0.29) is 30.9 Å². The molecular formula is C20H23N3O5. The van der Waals surface area contributed by atoms with Crippen molar-refractivity contribution in [2.45, 2.75) is 6.92 Å². The number of methoxy groups -OCH3 is 1. The van der Waals surface area contributed by atoms with Gasteiger partial charge in [0.2, 0.25) is 11.8 Å². The molecular weight excluding hydrogens is 362 g/mol. The highest BCUT2D eigenvalue weighted by Gasteiger charge is 2.09. The summed E-state index contributed by atoms with van der Waals surface area (Å²) in [5.74, 6) is -0.306. The summed E-state index contributed by atoms with van der Waals surface area (Å²) in [6.07, 6.45) is 0. The van der Waals surface area contributed by atoms with Crippen LogP contribution in [-0.2, 0) is 14.3 Å². The molecule has 0 unspecified atom stereocenters. The fourth-order valence-corrected chi connectivity index (χ4v) is 2.30. The van der Waals surface area contributed by atoms with Crippen LogP contribution in [0.2, 0.25) is 0 Å². The Labute approximate surface area is 163 Å². The third kappa shape index (κ3) is 6.73. The maximum Gasteiger partial charge on any atom is 0.251 e. The Morgan fingerprint density at radius 3 is 1.96 bits per heavy atom. The van der Waals surface area contributed by atoms with Crippen molar-refractivity contribution in [1.82, 2.24) is 5.32 Å². The lowest BCUT2D eigenvalue weighted by Crippen LogP contribution is -2.32. The number of hydrogen-bond donors (Lipinski definition) is 3. The third-order valence-corrected chi connectivity index (χ3v) is 3.56. The Kier molecular flexibility index (Phi) is 7.98. The van der Waals surface area contributed by atoms with Gasteiger partial charge in [0.25, 0.3) is 5.91 Å². The zero-order valence-electron chi connectivity index (χ0n) is 15.8. The first-order valence-corrected chi connectivity index (χ1v) is 8.71. The normalized spacial score (nSPS) is 10.1. The van der Waals surface area contributed by atoms with Crippen LogP contribution in [0.1, 0.15) is 17.3 Å². The van der Waals surface area contributed by atoms with Crippen LogP contribution < -0.4 is 20.7 Å². The number of amides is 3. The van der Waals surface area contributed by atoms with Gasteiger partial charge in [-0.2, -0.15) is 0 Å². The highest BCUT2D eigenvalue weighted by molar-refractivity contribution is 5.99. The van der Waals surface area contributed by atoms with Gasteiger partial charge in [-0.15, -0.1) is 0 Å². The van der Waals surface area contributed by atoms with Gasteiger partial charge >= 0.3 is 0 Å². The molecule has 2 rings (SSSR count). The van der Waals surface area contributed by atoms with E-state index in [9.17, 15) is 14.4 Å². The molecule has 2 aromatic rings. The molecule has 0 heterocycles. The summed E-state index contributed by atoms with van der Waals surface area (Å²) < 4.78 is 10.1. The molecule has 0 bridgehead atoms. The third-order valence-electron chi connectivity index (χ3n) is 3.56. The van der Waals surface area contributed by atoms with Crippen LogP contribution in [0.3, 0.4) is 0 Å². The Bertz CT molecular complexity index is 804. The minimum Gasteiger partial charge on any atom is -0.494 e. The monoisotopic (exact) mass is 385 g/mol.